The summed E-state index contributed by atoms with van der Waals surface area (Å²) in [4.78, 5) is 30.3. The number of fused-ring (bicyclic) bond motifs is 1. The van der Waals surface area contributed by atoms with Crippen molar-refractivity contribution in [2.75, 3.05) is 5.32 Å². The van der Waals surface area contributed by atoms with Crippen LogP contribution in [-0.4, -0.2) is 24.0 Å². The lowest BCUT2D eigenvalue weighted by molar-refractivity contribution is 0.256. The van der Waals surface area contributed by atoms with Gasteiger partial charge in [-0.15, -0.1) is 0 Å². The van der Waals surface area contributed by atoms with Gasteiger partial charge in [-0.1, -0.05) is 60.7 Å². The molecule has 0 aliphatic rings. The van der Waals surface area contributed by atoms with Crippen molar-refractivity contribution >= 4 is 32.6 Å². The first-order valence-electron chi connectivity index (χ1n) is 11.0. The predicted octanol–water partition coefficient (Wildman–Crippen LogP) is 4.56. The lowest BCUT2D eigenvalue weighted by atomic mass is 10.1. The van der Waals surface area contributed by atoms with Crippen LogP contribution in [0, 0.1) is 0 Å². The maximum Gasteiger partial charge on any atom is 0.333 e. The summed E-state index contributed by atoms with van der Waals surface area (Å²) in [5.74, 6) is 0.426. The number of nitrogens with one attached hydrogen (secondary N) is 2. The summed E-state index contributed by atoms with van der Waals surface area (Å²) < 4.78 is 29.0. The SMILES string of the molecule is O=C(Nc1ccccc1)NS(=O)(=O)c1ccc(-n2c(-c3ccccc3)nc3ccccc3c2=O)cc1. The van der Waals surface area contributed by atoms with Gasteiger partial charge < -0.3 is 5.32 Å². The Hall–Kier alpha value is -4.76. The molecule has 0 spiro atoms. The van der Waals surface area contributed by atoms with Crippen molar-refractivity contribution in [1.29, 1.82) is 0 Å². The van der Waals surface area contributed by atoms with E-state index in [1.54, 1.807) is 48.5 Å². The second kappa shape index (κ2) is 9.47. The molecule has 0 atom stereocenters. The van der Waals surface area contributed by atoms with Gasteiger partial charge >= 0.3 is 6.03 Å². The number of para-hydroxylation sites is 2. The van der Waals surface area contributed by atoms with Gasteiger partial charge in [0.15, 0.2) is 0 Å². The standard InChI is InChI=1S/C27H20N4O4S/c32-26-23-13-7-8-14-24(23)29-25(19-9-3-1-4-10-19)31(26)21-15-17-22(18-16-21)36(34,35)30-27(33)28-20-11-5-2-6-12-20/h1-18H,(H2,28,30,33). The van der Waals surface area contributed by atoms with Gasteiger partial charge in [-0.3, -0.25) is 9.36 Å². The van der Waals surface area contributed by atoms with Gasteiger partial charge in [-0.05, 0) is 48.5 Å². The molecule has 0 aliphatic carbocycles. The number of carbonyl (C=O) groups is 1. The molecule has 36 heavy (non-hydrogen) atoms. The Bertz CT molecular complexity index is 1720. The Morgan fingerprint density at radius 1 is 0.750 bits per heavy atom. The zero-order valence-corrected chi connectivity index (χ0v) is 19.6. The van der Waals surface area contributed by atoms with Gasteiger partial charge in [0.1, 0.15) is 5.82 Å². The number of carbonyl (C=O) groups excluding carboxylic acids is 1. The van der Waals surface area contributed by atoms with E-state index in [-0.39, 0.29) is 10.5 Å². The molecule has 0 fully saturated rings. The smallest absolute Gasteiger partial charge is 0.307 e. The third kappa shape index (κ3) is 4.59. The van der Waals surface area contributed by atoms with Crippen molar-refractivity contribution in [3.63, 3.8) is 0 Å². The van der Waals surface area contributed by atoms with Crippen LogP contribution < -0.4 is 15.6 Å². The lowest BCUT2D eigenvalue weighted by Crippen LogP contribution is -2.34. The van der Waals surface area contributed by atoms with Crippen LogP contribution in [0.3, 0.4) is 0 Å². The molecule has 5 rings (SSSR count). The molecule has 9 heteroatoms. The summed E-state index contributed by atoms with van der Waals surface area (Å²) in [6, 6.07) is 29.6. The predicted molar refractivity (Wildman–Crippen MR) is 139 cm³/mol. The highest BCUT2D eigenvalue weighted by atomic mass is 32.2. The Kier molecular flexibility index (Phi) is 6.05. The third-order valence-electron chi connectivity index (χ3n) is 5.47. The van der Waals surface area contributed by atoms with E-state index in [0.717, 1.165) is 5.56 Å². The number of nitrogens with zero attached hydrogens (tertiary/aromatic N) is 2. The third-order valence-corrected chi connectivity index (χ3v) is 6.82. The number of rotatable bonds is 5. The molecule has 0 saturated heterocycles. The van der Waals surface area contributed by atoms with Crippen molar-refractivity contribution in [1.82, 2.24) is 14.3 Å². The highest BCUT2D eigenvalue weighted by Gasteiger charge is 2.19. The quantitative estimate of drug-likeness (QED) is 0.371. The minimum Gasteiger partial charge on any atom is -0.307 e. The van der Waals surface area contributed by atoms with Gasteiger partial charge in [-0.25, -0.2) is 22.9 Å². The van der Waals surface area contributed by atoms with Crippen LogP contribution in [0.4, 0.5) is 10.5 Å². The number of hydrogen-bond acceptors (Lipinski definition) is 5. The molecule has 0 radical (unpaired) electrons. The molecule has 2 amide bonds. The molecule has 1 aromatic heterocycles. The zero-order chi connectivity index (χ0) is 25.1. The Labute approximate surface area is 206 Å². The second-order valence-corrected chi connectivity index (χ2v) is 9.56. The van der Waals surface area contributed by atoms with Crippen LogP contribution in [0.2, 0.25) is 0 Å². The monoisotopic (exact) mass is 496 g/mol. The maximum atomic E-state index is 13.5. The summed E-state index contributed by atoms with van der Waals surface area (Å²) in [7, 11) is -4.15. The van der Waals surface area contributed by atoms with Gasteiger partial charge in [-0.2, -0.15) is 0 Å². The van der Waals surface area contributed by atoms with E-state index in [1.807, 2.05) is 41.1 Å². The number of hydrogen-bond donors (Lipinski definition) is 2. The van der Waals surface area contributed by atoms with Gasteiger partial charge in [0.2, 0.25) is 0 Å². The van der Waals surface area contributed by atoms with E-state index in [2.05, 4.69) is 5.32 Å². The van der Waals surface area contributed by atoms with Crippen molar-refractivity contribution in [3.05, 3.63) is 120 Å². The summed E-state index contributed by atoms with van der Waals surface area (Å²) in [5, 5.41) is 2.91. The number of urea groups is 1. The highest BCUT2D eigenvalue weighted by Crippen LogP contribution is 2.23. The molecule has 0 aliphatic heterocycles. The van der Waals surface area contributed by atoms with Gasteiger partial charge in [0.25, 0.3) is 15.6 Å². The number of benzene rings is 4. The number of aromatic nitrogens is 2. The fourth-order valence-corrected chi connectivity index (χ4v) is 4.69. The number of sulfonamides is 1. The average molecular weight is 497 g/mol. The second-order valence-electron chi connectivity index (χ2n) is 7.88. The van der Waals surface area contributed by atoms with E-state index in [1.165, 1.54) is 28.8 Å². The molecule has 0 bridgehead atoms. The summed E-state index contributed by atoms with van der Waals surface area (Å²) >= 11 is 0. The van der Waals surface area contributed by atoms with E-state index in [9.17, 15) is 18.0 Å². The van der Waals surface area contributed by atoms with Crippen LogP contribution in [0.25, 0.3) is 28.0 Å². The normalized spacial score (nSPS) is 11.2. The Morgan fingerprint density at radius 3 is 2.06 bits per heavy atom. The summed E-state index contributed by atoms with van der Waals surface area (Å²) in [5.41, 5.74) is 1.90. The Morgan fingerprint density at radius 2 is 1.36 bits per heavy atom. The van der Waals surface area contributed by atoms with Crippen molar-refractivity contribution in [2.24, 2.45) is 0 Å². The zero-order valence-electron chi connectivity index (χ0n) is 18.8. The number of anilines is 1. The fraction of sp³-hybridized carbons (Fsp3) is 0. The molecular formula is C27H20N4O4S. The Balaban J connectivity index is 1.51. The molecule has 0 saturated carbocycles. The van der Waals surface area contributed by atoms with Crippen LogP contribution in [0.5, 0.6) is 0 Å². The minimum atomic E-state index is -4.15. The highest BCUT2D eigenvalue weighted by molar-refractivity contribution is 7.90. The molecule has 178 valence electrons. The molecule has 1 heterocycles. The van der Waals surface area contributed by atoms with E-state index >= 15 is 0 Å². The summed E-state index contributed by atoms with van der Waals surface area (Å²) in [6.07, 6.45) is 0. The van der Waals surface area contributed by atoms with Gasteiger partial charge in [0.05, 0.1) is 21.5 Å². The molecule has 4 aromatic carbocycles. The topological polar surface area (TPSA) is 110 Å². The van der Waals surface area contributed by atoms with Crippen molar-refractivity contribution in [3.8, 4) is 17.1 Å². The first-order valence-corrected chi connectivity index (χ1v) is 12.5. The largest absolute Gasteiger partial charge is 0.333 e. The molecule has 2 N–H and O–H groups in total. The number of amides is 2. The van der Waals surface area contributed by atoms with E-state index in [4.69, 9.17) is 4.98 Å². The fourth-order valence-electron chi connectivity index (χ4n) is 3.79. The van der Waals surface area contributed by atoms with Crippen LogP contribution in [0.1, 0.15) is 0 Å². The van der Waals surface area contributed by atoms with Crippen molar-refractivity contribution < 1.29 is 13.2 Å². The van der Waals surface area contributed by atoms with Crippen LogP contribution in [0.15, 0.2) is 119 Å². The van der Waals surface area contributed by atoms with E-state index in [0.29, 0.717) is 28.1 Å². The molecular weight excluding hydrogens is 476 g/mol. The first-order chi connectivity index (χ1) is 17.4. The molecule has 0 unspecified atom stereocenters. The first kappa shape index (κ1) is 23.0. The van der Waals surface area contributed by atoms with Crippen molar-refractivity contribution in [2.45, 2.75) is 4.90 Å². The van der Waals surface area contributed by atoms with Crippen LogP contribution in [-0.2, 0) is 10.0 Å². The van der Waals surface area contributed by atoms with Gasteiger partial charge in [0, 0.05) is 11.3 Å². The maximum absolute atomic E-state index is 13.5. The molecule has 8 nitrogen and oxygen atoms in total. The molecule has 5 aromatic rings. The average Bonchev–Trinajstić information content (AvgIpc) is 2.89. The van der Waals surface area contributed by atoms with Crippen LogP contribution >= 0.6 is 0 Å². The van der Waals surface area contributed by atoms with E-state index < -0.39 is 16.1 Å². The lowest BCUT2D eigenvalue weighted by Gasteiger charge is -2.14. The minimum absolute atomic E-state index is 0.127. The summed E-state index contributed by atoms with van der Waals surface area (Å²) in [6.45, 7) is 0.